The van der Waals surface area contributed by atoms with Crippen molar-refractivity contribution in [3.63, 3.8) is 0 Å². The van der Waals surface area contributed by atoms with Crippen LogP contribution in [0.3, 0.4) is 0 Å². The molecule has 0 aliphatic heterocycles. The lowest BCUT2D eigenvalue weighted by molar-refractivity contribution is -0.153. The Morgan fingerprint density at radius 3 is 2.88 bits per heavy atom. The first-order chi connectivity index (χ1) is 12.5. The summed E-state index contributed by atoms with van der Waals surface area (Å²) >= 11 is 1.36. The van der Waals surface area contributed by atoms with E-state index in [0.717, 1.165) is 29.7 Å². The van der Waals surface area contributed by atoms with Crippen molar-refractivity contribution < 1.29 is 23.5 Å². The number of anilines is 1. The van der Waals surface area contributed by atoms with E-state index in [9.17, 15) is 14.4 Å². The Morgan fingerprint density at radius 1 is 1.38 bits per heavy atom. The third-order valence-electron chi connectivity index (χ3n) is 4.24. The molecule has 8 heteroatoms. The molecule has 0 saturated heterocycles. The smallest absolute Gasteiger partial charge is 0.307 e. The highest BCUT2D eigenvalue weighted by atomic mass is 32.1. The Hall–Kier alpha value is -2.61. The minimum atomic E-state index is -0.975. The molecule has 1 aliphatic rings. The summed E-state index contributed by atoms with van der Waals surface area (Å²) in [7, 11) is 0. The molecule has 1 aliphatic carbocycles. The Kier molecular flexibility index (Phi) is 5.41. The van der Waals surface area contributed by atoms with E-state index in [1.807, 2.05) is 0 Å². The molecule has 2 amide bonds. The summed E-state index contributed by atoms with van der Waals surface area (Å²) in [6.45, 7) is 1.49. The molecule has 1 atom stereocenters. The fraction of sp³-hybridized carbons (Fsp3) is 0.389. The topological polar surface area (TPSA) is 112 Å². The van der Waals surface area contributed by atoms with E-state index in [-0.39, 0.29) is 6.42 Å². The molecule has 0 fully saturated rings. The molecule has 0 saturated carbocycles. The predicted molar refractivity (Wildman–Crippen MR) is 96.1 cm³/mol. The molecule has 3 rings (SSSR count). The Balaban J connectivity index is 1.57. The Morgan fingerprint density at radius 2 is 2.19 bits per heavy atom. The molecule has 0 unspecified atom stereocenters. The first-order valence-electron chi connectivity index (χ1n) is 8.42. The van der Waals surface area contributed by atoms with Gasteiger partial charge in [0.2, 0.25) is 0 Å². The zero-order valence-electron chi connectivity index (χ0n) is 14.4. The number of nitrogens with one attached hydrogen (secondary N) is 1. The van der Waals surface area contributed by atoms with Crippen molar-refractivity contribution in [1.82, 2.24) is 0 Å². The van der Waals surface area contributed by atoms with Gasteiger partial charge in [-0.2, -0.15) is 0 Å². The number of ether oxygens (including phenoxy) is 1. The lowest BCUT2D eigenvalue weighted by atomic mass is 10.1. The van der Waals surface area contributed by atoms with Gasteiger partial charge in [-0.1, -0.05) is 0 Å². The van der Waals surface area contributed by atoms with Crippen molar-refractivity contribution in [3.05, 3.63) is 40.2 Å². The van der Waals surface area contributed by atoms with Gasteiger partial charge in [0.1, 0.15) is 10.8 Å². The molecule has 2 heterocycles. The molecule has 0 spiro atoms. The number of amides is 2. The second kappa shape index (κ2) is 7.74. The van der Waals surface area contributed by atoms with Crippen molar-refractivity contribution in [2.45, 2.75) is 45.1 Å². The van der Waals surface area contributed by atoms with Crippen molar-refractivity contribution in [3.8, 4) is 0 Å². The zero-order chi connectivity index (χ0) is 18.7. The lowest BCUT2D eigenvalue weighted by Gasteiger charge is -2.13. The van der Waals surface area contributed by atoms with E-state index in [4.69, 9.17) is 14.9 Å². The predicted octanol–water partition coefficient (Wildman–Crippen LogP) is 2.43. The first kappa shape index (κ1) is 18.2. The summed E-state index contributed by atoms with van der Waals surface area (Å²) < 4.78 is 10.3. The Labute approximate surface area is 154 Å². The van der Waals surface area contributed by atoms with Gasteiger partial charge in [-0.05, 0) is 43.9 Å². The van der Waals surface area contributed by atoms with Crippen LogP contribution in [-0.2, 0) is 33.6 Å². The number of hydrogen-bond donors (Lipinski definition) is 2. The van der Waals surface area contributed by atoms with E-state index in [1.54, 1.807) is 12.1 Å². The number of aryl methyl sites for hydroxylation is 2. The van der Waals surface area contributed by atoms with Gasteiger partial charge in [0, 0.05) is 11.3 Å². The van der Waals surface area contributed by atoms with Crippen LogP contribution in [0.1, 0.15) is 46.3 Å². The van der Waals surface area contributed by atoms with Crippen LogP contribution in [0.25, 0.3) is 0 Å². The van der Waals surface area contributed by atoms with Crippen LogP contribution < -0.4 is 11.1 Å². The maximum atomic E-state index is 12.3. The number of rotatable bonds is 7. The van der Waals surface area contributed by atoms with E-state index >= 15 is 0 Å². The molecule has 26 heavy (non-hydrogen) atoms. The number of esters is 1. The molecule has 0 bridgehead atoms. The normalized spacial score (nSPS) is 13.9. The maximum absolute atomic E-state index is 12.3. The molecule has 0 aromatic carbocycles. The standard InChI is InChI=1S/C18H20N2O5S/c1-10(25-14(21)8-7-11-4-3-9-24-11)17(23)20-18-15(16(19)22)12-5-2-6-13(12)26-18/h3-4,9-10H,2,5-8H2,1H3,(H2,19,22)(H,20,23)/t10-/m1/s1. The van der Waals surface area contributed by atoms with Crippen LogP contribution in [0.4, 0.5) is 5.00 Å². The fourth-order valence-corrected chi connectivity index (χ4v) is 4.25. The van der Waals surface area contributed by atoms with Gasteiger partial charge in [0.25, 0.3) is 11.8 Å². The minimum Gasteiger partial charge on any atom is -0.469 e. The molecule has 2 aromatic rings. The van der Waals surface area contributed by atoms with Gasteiger partial charge in [0.15, 0.2) is 6.10 Å². The van der Waals surface area contributed by atoms with E-state index in [0.29, 0.717) is 22.7 Å². The maximum Gasteiger partial charge on any atom is 0.307 e. The lowest BCUT2D eigenvalue weighted by Crippen LogP contribution is -2.30. The van der Waals surface area contributed by atoms with Crippen LogP contribution in [0, 0.1) is 0 Å². The molecule has 2 aromatic heterocycles. The molecule has 0 radical (unpaired) electrons. The number of fused-ring (bicyclic) bond motifs is 1. The minimum absolute atomic E-state index is 0.116. The second-order valence-electron chi connectivity index (χ2n) is 6.13. The molecule has 3 N–H and O–H groups in total. The van der Waals surface area contributed by atoms with Crippen LogP contribution in [0.5, 0.6) is 0 Å². The largest absolute Gasteiger partial charge is 0.469 e. The summed E-state index contributed by atoms with van der Waals surface area (Å²) in [5.41, 5.74) is 6.79. The summed E-state index contributed by atoms with van der Waals surface area (Å²) in [6.07, 6.45) is 3.74. The number of thiophene rings is 1. The number of hydrogen-bond acceptors (Lipinski definition) is 6. The third kappa shape index (κ3) is 3.96. The molecular weight excluding hydrogens is 356 g/mol. The highest BCUT2D eigenvalue weighted by Gasteiger charge is 2.27. The first-order valence-corrected chi connectivity index (χ1v) is 9.24. The van der Waals surface area contributed by atoms with Crippen LogP contribution in [0.15, 0.2) is 22.8 Å². The molecular formula is C18H20N2O5S. The number of carbonyl (C=O) groups excluding carboxylic acids is 3. The average Bonchev–Trinajstić information content (AvgIpc) is 3.29. The van der Waals surface area contributed by atoms with Gasteiger partial charge < -0.3 is 20.2 Å². The van der Waals surface area contributed by atoms with Crippen molar-refractivity contribution in [2.24, 2.45) is 5.73 Å². The zero-order valence-corrected chi connectivity index (χ0v) is 15.2. The van der Waals surface area contributed by atoms with Crippen molar-refractivity contribution in [1.29, 1.82) is 0 Å². The average molecular weight is 376 g/mol. The quantitative estimate of drug-likeness (QED) is 0.721. The van der Waals surface area contributed by atoms with Gasteiger partial charge in [-0.25, -0.2) is 0 Å². The summed E-state index contributed by atoms with van der Waals surface area (Å²) in [6, 6.07) is 3.51. The van der Waals surface area contributed by atoms with Crippen LogP contribution in [-0.4, -0.2) is 23.9 Å². The Bertz CT molecular complexity index is 825. The second-order valence-corrected chi connectivity index (χ2v) is 7.23. The third-order valence-corrected chi connectivity index (χ3v) is 5.44. The van der Waals surface area contributed by atoms with Gasteiger partial charge in [-0.3, -0.25) is 14.4 Å². The van der Waals surface area contributed by atoms with Gasteiger partial charge in [0.05, 0.1) is 18.2 Å². The van der Waals surface area contributed by atoms with Gasteiger partial charge in [-0.15, -0.1) is 11.3 Å². The fourth-order valence-electron chi connectivity index (χ4n) is 2.96. The number of carbonyl (C=O) groups is 3. The number of furan rings is 1. The SMILES string of the molecule is C[C@@H](OC(=O)CCc1ccco1)C(=O)Nc1sc2c(c1C(N)=O)CCC2. The molecule has 7 nitrogen and oxygen atoms in total. The summed E-state index contributed by atoms with van der Waals surface area (Å²) in [4.78, 5) is 37.0. The van der Waals surface area contributed by atoms with Crippen molar-refractivity contribution in [2.75, 3.05) is 5.32 Å². The summed E-state index contributed by atoms with van der Waals surface area (Å²) in [5, 5.41) is 3.11. The highest BCUT2D eigenvalue weighted by molar-refractivity contribution is 7.17. The van der Waals surface area contributed by atoms with Crippen molar-refractivity contribution >= 4 is 34.1 Å². The number of primary amides is 1. The number of nitrogens with two attached hydrogens (primary N) is 1. The monoisotopic (exact) mass is 376 g/mol. The van der Waals surface area contributed by atoms with E-state index in [1.165, 1.54) is 24.5 Å². The van der Waals surface area contributed by atoms with E-state index in [2.05, 4.69) is 5.32 Å². The van der Waals surface area contributed by atoms with Gasteiger partial charge >= 0.3 is 5.97 Å². The van der Waals surface area contributed by atoms with E-state index < -0.39 is 23.9 Å². The van der Waals surface area contributed by atoms with Crippen LogP contribution in [0.2, 0.25) is 0 Å². The highest BCUT2D eigenvalue weighted by Crippen LogP contribution is 2.38. The molecule has 138 valence electrons. The summed E-state index contributed by atoms with van der Waals surface area (Å²) in [5.74, 6) is -0.854. The van der Waals surface area contributed by atoms with Crippen LogP contribution >= 0.6 is 11.3 Å².